The molecule has 2 atom stereocenters. The Kier molecular flexibility index (Phi) is 6.41. The maximum absolute atomic E-state index is 13.2. The minimum absolute atomic E-state index is 0.0612. The molecule has 0 aromatic carbocycles. The largest absolute Gasteiger partial charge is 0.379 e. The summed E-state index contributed by atoms with van der Waals surface area (Å²) < 4.78 is 5.44. The average Bonchev–Trinajstić information content (AvgIpc) is 2.91. The Morgan fingerprint density at radius 1 is 1.26 bits per heavy atom. The predicted molar refractivity (Wildman–Crippen MR) is 89.1 cm³/mol. The van der Waals surface area contributed by atoms with E-state index in [4.69, 9.17) is 4.74 Å². The number of amides is 2. The van der Waals surface area contributed by atoms with Crippen LogP contribution in [0.4, 0.5) is 0 Å². The highest BCUT2D eigenvalue weighted by molar-refractivity contribution is 5.91. The molecule has 6 nitrogen and oxygen atoms in total. The number of rotatable bonds is 6. The molecule has 0 bridgehead atoms. The van der Waals surface area contributed by atoms with Gasteiger partial charge in [-0.1, -0.05) is 26.7 Å². The Balaban J connectivity index is 2.16. The first-order chi connectivity index (χ1) is 11.0. The van der Waals surface area contributed by atoms with Gasteiger partial charge in [0.25, 0.3) is 0 Å². The summed E-state index contributed by atoms with van der Waals surface area (Å²) in [6.07, 6.45) is 2.67. The maximum Gasteiger partial charge on any atom is 0.245 e. The van der Waals surface area contributed by atoms with Crippen LogP contribution in [0.1, 0.15) is 33.1 Å². The van der Waals surface area contributed by atoms with Gasteiger partial charge in [0.05, 0.1) is 19.3 Å². The predicted octanol–water partition coefficient (Wildman–Crippen LogP) is 0.813. The van der Waals surface area contributed by atoms with Gasteiger partial charge in [-0.15, -0.1) is 0 Å². The molecule has 0 radical (unpaired) electrons. The van der Waals surface area contributed by atoms with Crippen molar-refractivity contribution in [2.45, 2.75) is 45.2 Å². The number of likely N-dealkylation sites (N-methyl/N-ethyl adjacent to an activating group) is 2. The molecule has 0 aliphatic carbocycles. The lowest BCUT2D eigenvalue weighted by atomic mass is 9.91. The Morgan fingerprint density at radius 2 is 1.87 bits per heavy atom. The van der Waals surface area contributed by atoms with E-state index >= 15 is 0 Å². The molecule has 0 spiro atoms. The second kappa shape index (κ2) is 8.11. The summed E-state index contributed by atoms with van der Waals surface area (Å²) in [4.78, 5) is 31.1. The normalized spacial score (nSPS) is 24.3. The van der Waals surface area contributed by atoms with E-state index in [9.17, 15) is 9.59 Å². The minimum atomic E-state index is -0.301. The molecule has 0 N–H and O–H groups in total. The fourth-order valence-corrected chi connectivity index (χ4v) is 3.77. The van der Waals surface area contributed by atoms with Crippen LogP contribution in [-0.2, 0) is 14.3 Å². The van der Waals surface area contributed by atoms with E-state index in [0.717, 1.165) is 38.9 Å². The van der Waals surface area contributed by atoms with Crippen molar-refractivity contribution in [1.82, 2.24) is 14.7 Å². The summed E-state index contributed by atoms with van der Waals surface area (Å²) in [5.74, 6) is 0.470. The van der Waals surface area contributed by atoms with Crippen LogP contribution >= 0.6 is 0 Å². The van der Waals surface area contributed by atoms with Gasteiger partial charge in [0.2, 0.25) is 11.8 Å². The number of likely N-dealkylation sites (tertiary alicyclic amines) is 1. The summed E-state index contributed by atoms with van der Waals surface area (Å²) in [6, 6.07) is -0.442. The van der Waals surface area contributed by atoms with Crippen LogP contribution < -0.4 is 0 Å². The number of nitrogens with zero attached hydrogens (tertiary/aromatic N) is 3. The van der Waals surface area contributed by atoms with Crippen LogP contribution in [0.2, 0.25) is 0 Å². The lowest BCUT2D eigenvalue weighted by molar-refractivity contribution is -0.147. The highest BCUT2D eigenvalue weighted by Crippen LogP contribution is 2.24. The van der Waals surface area contributed by atoms with E-state index < -0.39 is 0 Å². The summed E-state index contributed by atoms with van der Waals surface area (Å²) in [6.45, 7) is 7.96. The van der Waals surface area contributed by atoms with Crippen LogP contribution in [0.25, 0.3) is 0 Å². The highest BCUT2D eigenvalue weighted by Gasteiger charge is 2.40. The molecule has 2 fully saturated rings. The lowest BCUT2D eigenvalue weighted by Gasteiger charge is -2.40. The van der Waals surface area contributed by atoms with Crippen molar-refractivity contribution < 1.29 is 14.3 Å². The SMILES string of the molecule is CCC(CC)[C@@H](C(=O)N(C)[C@H]1CCN(C)C1=O)N1CCOCC1. The highest BCUT2D eigenvalue weighted by atomic mass is 16.5. The van der Waals surface area contributed by atoms with E-state index in [1.807, 2.05) is 0 Å². The third kappa shape index (κ3) is 3.86. The van der Waals surface area contributed by atoms with Crippen LogP contribution in [0.15, 0.2) is 0 Å². The van der Waals surface area contributed by atoms with Crippen molar-refractivity contribution in [3.05, 3.63) is 0 Å². The monoisotopic (exact) mass is 325 g/mol. The van der Waals surface area contributed by atoms with E-state index in [-0.39, 0.29) is 23.9 Å². The van der Waals surface area contributed by atoms with Gasteiger partial charge in [-0.25, -0.2) is 0 Å². The standard InChI is InChI=1S/C17H31N3O3/c1-5-13(6-2)15(20-9-11-23-12-10-20)17(22)19(4)14-7-8-18(3)16(14)21/h13-15H,5-12H2,1-4H3/t14-,15-/m0/s1. The third-order valence-corrected chi connectivity index (χ3v) is 5.40. The molecule has 2 aliphatic rings. The van der Waals surface area contributed by atoms with Crippen molar-refractivity contribution in [2.24, 2.45) is 5.92 Å². The first-order valence-corrected chi connectivity index (χ1v) is 8.84. The molecule has 6 heteroatoms. The van der Waals surface area contributed by atoms with Crippen molar-refractivity contribution in [2.75, 3.05) is 46.9 Å². The Hall–Kier alpha value is -1.14. The topological polar surface area (TPSA) is 53.1 Å². The zero-order chi connectivity index (χ0) is 17.0. The quantitative estimate of drug-likeness (QED) is 0.725. The first-order valence-electron chi connectivity index (χ1n) is 8.84. The fraction of sp³-hybridized carbons (Fsp3) is 0.882. The van der Waals surface area contributed by atoms with Gasteiger partial charge >= 0.3 is 0 Å². The molecule has 2 saturated heterocycles. The molecule has 2 amide bonds. The number of morpholine rings is 1. The van der Waals surface area contributed by atoms with Gasteiger partial charge in [-0.3, -0.25) is 14.5 Å². The molecule has 0 saturated carbocycles. The number of hydrogen-bond donors (Lipinski definition) is 0. The summed E-state index contributed by atoms with van der Waals surface area (Å²) in [5.41, 5.74) is 0. The van der Waals surface area contributed by atoms with Gasteiger partial charge in [-0.05, 0) is 12.3 Å². The summed E-state index contributed by atoms with van der Waals surface area (Å²) >= 11 is 0. The van der Waals surface area contributed by atoms with E-state index in [1.165, 1.54) is 0 Å². The summed E-state index contributed by atoms with van der Waals surface area (Å²) in [5, 5.41) is 0. The molecule has 0 aromatic heterocycles. The second-order valence-corrected chi connectivity index (χ2v) is 6.68. The number of carbonyl (C=O) groups excluding carboxylic acids is 2. The zero-order valence-electron chi connectivity index (χ0n) is 15.0. The van der Waals surface area contributed by atoms with Crippen LogP contribution in [-0.4, -0.2) is 85.5 Å². The Labute approximate surface area is 139 Å². The maximum atomic E-state index is 13.2. The molecule has 23 heavy (non-hydrogen) atoms. The van der Waals surface area contributed by atoms with Crippen molar-refractivity contribution in [3.8, 4) is 0 Å². The van der Waals surface area contributed by atoms with Gasteiger partial charge in [0, 0.05) is 33.7 Å². The van der Waals surface area contributed by atoms with Crippen molar-refractivity contribution in [1.29, 1.82) is 0 Å². The van der Waals surface area contributed by atoms with Crippen LogP contribution in [0.5, 0.6) is 0 Å². The minimum Gasteiger partial charge on any atom is -0.379 e. The van der Waals surface area contributed by atoms with Crippen molar-refractivity contribution in [3.63, 3.8) is 0 Å². The first kappa shape index (κ1) is 18.2. The smallest absolute Gasteiger partial charge is 0.245 e. The van der Waals surface area contributed by atoms with Gasteiger partial charge < -0.3 is 14.5 Å². The average molecular weight is 325 g/mol. The fourth-order valence-electron chi connectivity index (χ4n) is 3.77. The number of hydrogen-bond acceptors (Lipinski definition) is 4. The number of carbonyl (C=O) groups is 2. The summed E-state index contributed by atoms with van der Waals surface area (Å²) in [7, 11) is 3.60. The molecule has 2 aliphatic heterocycles. The lowest BCUT2D eigenvalue weighted by Crippen LogP contribution is -2.57. The van der Waals surface area contributed by atoms with Crippen LogP contribution in [0.3, 0.4) is 0 Å². The Morgan fingerprint density at radius 3 is 2.35 bits per heavy atom. The number of ether oxygens (including phenoxy) is 1. The molecule has 0 unspecified atom stereocenters. The van der Waals surface area contributed by atoms with E-state index in [1.54, 1.807) is 23.9 Å². The molecule has 0 aromatic rings. The van der Waals surface area contributed by atoms with E-state index in [2.05, 4.69) is 18.7 Å². The molecular formula is C17H31N3O3. The third-order valence-electron chi connectivity index (χ3n) is 5.40. The molecule has 2 rings (SSSR count). The van der Waals surface area contributed by atoms with Crippen molar-refractivity contribution >= 4 is 11.8 Å². The van der Waals surface area contributed by atoms with Gasteiger partial charge in [0.15, 0.2) is 0 Å². The van der Waals surface area contributed by atoms with Gasteiger partial charge in [-0.2, -0.15) is 0 Å². The Bertz CT molecular complexity index is 419. The zero-order valence-corrected chi connectivity index (χ0v) is 15.0. The van der Waals surface area contributed by atoms with E-state index in [0.29, 0.717) is 19.1 Å². The van der Waals surface area contributed by atoms with Gasteiger partial charge in [0.1, 0.15) is 6.04 Å². The van der Waals surface area contributed by atoms with Crippen LogP contribution in [0, 0.1) is 5.92 Å². The molecular weight excluding hydrogens is 294 g/mol. The molecule has 132 valence electrons. The second-order valence-electron chi connectivity index (χ2n) is 6.68. The molecule has 2 heterocycles.